The number of thiophene rings is 1. The number of hydrogen-bond donors (Lipinski definition) is 3. The predicted octanol–water partition coefficient (Wildman–Crippen LogP) is 5.93. The topological polar surface area (TPSA) is 95.7 Å². The van der Waals surface area contributed by atoms with Crippen LogP contribution in [0.15, 0.2) is 90.3 Å². The van der Waals surface area contributed by atoms with Gasteiger partial charge in [0.25, 0.3) is 5.91 Å². The van der Waals surface area contributed by atoms with E-state index in [1.807, 2.05) is 60.0 Å². The van der Waals surface area contributed by atoms with Crippen molar-refractivity contribution < 1.29 is 14.7 Å². The number of amides is 2. The van der Waals surface area contributed by atoms with Crippen molar-refractivity contribution >= 4 is 34.7 Å². The number of nitrogens with zero attached hydrogens (tertiary/aromatic N) is 1. The minimum absolute atomic E-state index is 0.224. The molecule has 0 saturated carbocycles. The number of hydrogen-bond acceptors (Lipinski definition) is 4. The number of nitrogens with one attached hydrogen (secondary N) is 1. The van der Waals surface area contributed by atoms with E-state index in [2.05, 4.69) is 5.32 Å². The smallest absolute Gasteiger partial charge is 0.407 e. The van der Waals surface area contributed by atoms with Crippen LogP contribution in [0.2, 0.25) is 0 Å². The van der Waals surface area contributed by atoms with Gasteiger partial charge in [-0.2, -0.15) is 0 Å². The molecule has 1 aromatic heterocycles. The molecule has 3 aromatic carbocycles. The number of carboxylic acid groups (broad SMARTS) is 1. The molecule has 4 aromatic rings. The summed E-state index contributed by atoms with van der Waals surface area (Å²) < 4.78 is 0. The Labute approximate surface area is 195 Å². The fourth-order valence-electron chi connectivity index (χ4n) is 3.43. The van der Waals surface area contributed by atoms with Crippen molar-refractivity contribution in [1.82, 2.24) is 4.90 Å². The molecule has 0 aliphatic carbocycles. The second-order valence-corrected chi connectivity index (χ2v) is 8.50. The first kappa shape index (κ1) is 22.1. The molecular formula is C26H23N3O3S. The van der Waals surface area contributed by atoms with Crippen molar-refractivity contribution in [3.63, 3.8) is 0 Å². The highest BCUT2D eigenvalue weighted by molar-refractivity contribution is 7.13. The van der Waals surface area contributed by atoms with Crippen LogP contribution in [0, 0.1) is 0 Å². The summed E-state index contributed by atoms with van der Waals surface area (Å²) in [7, 11) is 0. The lowest BCUT2D eigenvalue weighted by molar-refractivity contribution is 0.102. The molecule has 0 radical (unpaired) electrons. The van der Waals surface area contributed by atoms with Gasteiger partial charge in [-0.3, -0.25) is 9.69 Å². The zero-order valence-electron chi connectivity index (χ0n) is 17.8. The number of rotatable bonds is 7. The SMILES string of the molecule is Nc1ccc(-c2cccs2)cc1NC(=O)c1ccc(CN(Cc2ccccc2)C(=O)O)cc1. The molecule has 4 N–H and O–H groups in total. The predicted molar refractivity (Wildman–Crippen MR) is 132 cm³/mol. The fourth-order valence-corrected chi connectivity index (χ4v) is 4.16. The molecule has 33 heavy (non-hydrogen) atoms. The minimum atomic E-state index is -0.998. The van der Waals surface area contributed by atoms with Crippen LogP contribution in [0.4, 0.5) is 16.2 Å². The standard InChI is InChI=1S/C26H23N3O3S/c27-22-13-12-21(24-7-4-14-33-24)15-23(22)28-25(30)20-10-8-19(9-11-20)17-29(26(31)32)16-18-5-2-1-3-6-18/h1-15H,16-17,27H2,(H,28,30)(H,31,32). The lowest BCUT2D eigenvalue weighted by Crippen LogP contribution is -2.28. The Morgan fingerprint density at radius 2 is 1.58 bits per heavy atom. The molecule has 0 unspecified atom stereocenters. The molecule has 6 nitrogen and oxygen atoms in total. The molecule has 0 aliphatic rings. The van der Waals surface area contributed by atoms with Crippen LogP contribution in [-0.2, 0) is 13.1 Å². The summed E-state index contributed by atoms with van der Waals surface area (Å²) >= 11 is 1.62. The molecule has 2 amide bonds. The van der Waals surface area contributed by atoms with Gasteiger partial charge in [0.1, 0.15) is 0 Å². The molecule has 0 fully saturated rings. The highest BCUT2D eigenvalue weighted by atomic mass is 32.1. The van der Waals surface area contributed by atoms with E-state index in [4.69, 9.17) is 5.73 Å². The van der Waals surface area contributed by atoms with Crippen LogP contribution in [0.25, 0.3) is 10.4 Å². The normalized spacial score (nSPS) is 10.5. The number of nitrogen functional groups attached to an aromatic ring is 1. The van der Waals surface area contributed by atoms with Gasteiger partial charge in [-0.05, 0) is 52.4 Å². The molecule has 0 saturated heterocycles. The minimum Gasteiger partial charge on any atom is -0.465 e. The third kappa shape index (κ3) is 5.58. The Morgan fingerprint density at radius 3 is 2.21 bits per heavy atom. The number of carbonyl (C=O) groups is 2. The Hall–Kier alpha value is -4.10. The number of carbonyl (C=O) groups excluding carboxylic acids is 1. The summed E-state index contributed by atoms with van der Waals surface area (Å²) in [5, 5.41) is 14.4. The fraction of sp³-hybridized carbons (Fsp3) is 0.0769. The third-order valence-electron chi connectivity index (χ3n) is 5.18. The van der Waals surface area contributed by atoms with Crippen LogP contribution < -0.4 is 11.1 Å². The van der Waals surface area contributed by atoms with E-state index in [9.17, 15) is 14.7 Å². The Kier molecular flexibility index (Phi) is 6.71. The van der Waals surface area contributed by atoms with E-state index in [1.54, 1.807) is 41.7 Å². The Bertz CT molecular complexity index is 1240. The summed E-state index contributed by atoms with van der Waals surface area (Å²) in [6.07, 6.45) is -0.998. The Morgan fingerprint density at radius 1 is 0.879 bits per heavy atom. The Balaban J connectivity index is 1.44. The molecule has 0 spiro atoms. The van der Waals surface area contributed by atoms with E-state index >= 15 is 0 Å². The number of nitrogens with two attached hydrogens (primary N) is 1. The van der Waals surface area contributed by atoms with Crippen LogP contribution in [-0.4, -0.2) is 22.0 Å². The second-order valence-electron chi connectivity index (χ2n) is 7.55. The molecule has 7 heteroatoms. The summed E-state index contributed by atoms with van der Waals surface area (Å²) in [4.78, 5) is 26.9. The van der Waals surface area contributed by atoms with Gasteiger partial charge >= 0.3 is 6.09 Å². The summed E-state index contributed by atoms with van der Waals surface area (Å²) in [5.41, 5.74) is 10.3. The zero-order valence-corrected chi connectivity index (χ0v) is 18.6. The van der Waals surface area contributed by atoms with Crippen molar-refractivity contribution in [3.05, 3.63) is 107 Å². The summed E-state index contributed by atoms with van der Waals surface area (Å²) in [6.45, 7) is 0.514. The van der Waals surface area contributed by atoms with Gasteiger partial charge in [-0.25, -0.2) is 4.79 Å². The van der Waals surface area contributed by atoms with Crippen molar-refractivity contribution in [2.24, 2.45) is 0 Å². The summed E-state index contributed by atoms with van der Waals surface area (Å²) in [5.74, 6) is -0.282. The maximum atomic E-state index is 12.8. The third-order valence-corrected chi connectivity index (χ3v) is 6.10. The van der Waals surface area contributed by atoms with Crippen LogP contribution in [0.5, 0.6) is 0 Å². The maximum Gasteiger partial charge on any atom is 0.407 e. The summed E-state index contributed by atoms with van der Waals surface area (Å²) in [6, 6.07) is 25.9. The number of benzene rings is 3. The zero-order chi connectivity index (χ0) is 23.2. The lowest BCUT2D eigenvalue weighted by Gasteiger charge is -2.19. The van der Waals surface area contributed by atoms with E-state index in [1.165, 1.54) is 4.90 Å². The van der Waals surface area contributed by atoms with E-state index in [-0.39, 0.29) is 19.0 Å². The van der Waals surface area contributed by atoms with Crippen molar-refractivity contribution in [1.29, 1.82) is 0 Å². The van der Waals surface area contributed by atoms with Crippen LogP contribution in [0.1, 0.15) is 21.5 Å². The number of anilines is 2. The molecule has 0 atom stereocenters. The average molecular weight is 458 g/mol. The van der Waals surface area contributed by atoms with Crippen LogP contribution in [0.3, 0.4) is 0 Å². The van der Waals surface area contributed by atoms with Gasteiger partial charge in [-0.15, -0.1) is 11.3 Å². The molecular weight excluding hydrogens is 434 g/mol. The van der Waals surface area contributed by atoms with Gasteiger partial charge < -0.3 is 16.2 Å². The van der Waals surface area contributed by atoms with Gasteiger partial charge in [0.2, 0.25) is 0 Å². The molecule has 0 bridgehead atoms. The monoisotopic (exact) mass is 457 g/mol. The van der Waals surface area contributed by atoms with Gasteiger partial charge in [0, 0.05) is 23.5 Å². The van der Waals surface area contributed by atoms with Gasteiger partial charge in [0.15, 0.2) is 0 Å². The first-order valence-electron chi connectivity index (χ1n) is 10.3. The molecule has 166 valence electrons. The second kappa shape index (κ2) is 10.0. The lowest BCUT2D eigenvalue weighted by atomic mass is 10.1. The highest BCUT2D eigenvalue weighted by Gasteiger charge is 2.14. The quantitative estimate of drug-likeness (QED) is 0.300. The van der Waals surface area contributed by atoms with Crippen molar-refractivity contribution in [3.8, 4) is 10.4 Å². The molecule has 0 aliphatic heterocycles. The average Bonchev–Trinajstić information content (AvgIpc) is 3.36. The van der Waals surface area contributed by atoms with Gasteiger partial charge in [0.05, 0.1) is 11.4 Å². The van der Waals surface area contributed by atoms with E-state index in [0.29, 0.717) is 16.9 Å². The van der Waals surface area contributed by atoms with E-state index in [0.717, 1.165) is 21.6 Å². The first-order valence-corrected chi connectivity index (χ1v) is 11.2. The maximum absolute atomic E-state index is 12.8. The largest absolute Gasteiger partial charge is 0.465 e. The van der Waals surface area contributed by atoms with Crippen LogP contribution >= 0.6 is 11.3 Å². The van der Waals surface area contributed by atoms with E-state index < -0.39 is 6.09 Å². The van der Waals surface area contributed by atoms with Crippen molar-refractivity contribution in [2.75, 3.05) is 11.1 Å². The van der Waals surface area contributed by atoms with Crippen molar-refractivity contribution in [2.45, 2.75) is 13.1 Å². The molecule has 4 rings (SSSR count). The van der Waals surface area contributed by atoms with Gasteiger partial charge in [-0.1, -0.05) is 54.6 Å². The molecule has 1 heterocycles. The highest BCUT2D eigenvalue weighted by Crippen LogP contribution is 2.30. The first-order chi connectivity index (χ1) is 16.0.